The standard InChI is InChI=1S/C14H24N2O4S/c17-13(15-11-5-3-1-2-4-6-11)9-14(18)16-12-7-8-21(19,20)10-12/h11-12H,1-10H2,(H,15,17)(H,16,18). The van der Waals surface area contributed by atoms with Gasteiger partial charge >= 0.3 is 0 Å². The summed E-state index contributed by atoms with van der Waals surface area (Å²) >= 11 is 0. The highest BCUT2D eigenvalue weighted by atomic mass is 32.2. The van der Waals surface area contributed by atoms with Crippen molar-refractivity contribution in [2.75, 3.05) is 11.5 Å². The summed E-state index contributed by atoms with van der Waals surface area (Å²) in [5, 5.41) is 5.55. The predicted molar refractivity (Wildman–Crippen MR) is 79.5 cm³/mol. The molecule has 7 heteroatoms. The smallest absolute Gasteiger partial charge is 0.229 e. The Bertz CT molecular complexity index is 481. The van der Waals surface area contributed by atoms with Gasteiger partial charge in [0.05, 0.1) is 11.5 Å². The highest BCUT2D eigenvalue weighted by Crippen LogP contribution is 2.17. The number of rotatable bonds is 4. The Labute approximate surface area is 126 Å². The van der Waals surface area contributed by atoms with Crippen LogP contribution in [0.4, 0.5) is 0 Å². The van der Waals surface area contributed by atoms with Gasteiger partial charge in [0.2, 0.25) is 11.8 Å². The lowest BCUT2D eigenvalue weighted by Crippen LogP contribution is -2.41. The molecule has 0 bridgehead atoms. The summed E-state index contributed by atoms with van der Waals surface area (Å²) in [5.74, 6) is -0.543. The Morgan fingerprint density at radius 1 is 0.857 bits per heavy atom. The minimum atomic E-state index is -3.01. The van der Waals surface area contributed by atoms with E-state index in [0.717, 1.165) is 25.7 Å². The van der Waals surface area contributed by atoms with Gasteiger partial charge in [-0.15, -0.1) is 0 Å². The molecule has 2 rings (SSSR count). The Morgan fingerprint density at radius 3 is 1.95 bits per heavy atom. The molecular weight excluding hydrogens is 292 g/mol. The van der Waals surface area contributed by atoms with E-state index in [1.165, 1.54) is 12.8 Å². The van der Waals surface area contributed by atoms with Gasteiger partial charge in [0.15, 0.2) is 9.84 Å². The summed E-state index contributed by atoms with van der Waals surface area (Å²) < 4.78 is 22.6. The fourth-order valence-corrected chi connectivity index (χ4v) is 4.71. The van der Waals surface area contributed by atoms with Crippen LogP contribution in [0.1, 0.15) is 51.4 Å². The molecule has 1 aliphatic heterocycles. The molecule has 6 nitrogen and oxygen atoms in total. The molecule has 21 heavy (non-hydrogen) atoms. The largest absolute Gasteiger partial charge is 0.353 e. The Kier molecular flexibility index (Phi) is 5.61. The zero-order valence-corrected chi connectivity index (χ0v) is 13.1. The van der Waals surface area contributed by atoms with Crippen molar-refractivity contribution in [3.05, 3.63) is 0 Å². The van der Waals surface area contributed by atoms with Gasteiger partial charge < -0.3 is 10.6 Å². The van der Waals surface area contributed by atoms with Crippen LogP contribution >= 0.6 is 0 Å². The summed E-state index contributed by atoms with van der Waals surface area (Å²) in [6, 6.07) is -0.159. The van der Waals surface area contributed by atoms with E-state index in [0.29, 0.717) is 6.42 Å². The molecule has 2 aliphatic rings. The lowest BCUT2D eigenvalue weighted by Gasteiger charge is -2.16. The Balaban J connectivity index is 1.70. The first-order valence-electron chi connectivity index (χ1n) is 7.74. The lowest BCUT2D eigenvalue weighted by atomic mass is 10.1. The molecule has 1 atom stereocenters. The lowest BCUT2D eigenvalue weighted by molar-refractivity contribution is -0.130. The molecule has 1 unspecified atom stereocenters. The maximum atomic E-state index is 11.8. The molecule has 0 aromatic rings. The van der Waals surface area contributed by atoms with E-state index in [1.54, 1.807) is 0 Å². The van der Waals surface area contributed by atoms with E-state index in [4.69, 9.17) is 0 Å². The zero-order chi connectivity index (χ0) is 15.3. The summed E-state index contributed by atoms with van der Waals surface area (Å²) in [4.78, 5) is 23.6. The molecule has 0 radical (unpaired) electrons. The van der Waals surface area contributed by atoms with Crippen LogP contribution in [0.15, 0.2) is 0 Å². The number of carbonyl (C=O) groups is 2. The van der Waals surface area contributed by atoms with E-state index in [9.17, 15) is 18.0 Å². The van der Waals surface area contributed by atoms with Crippen molar-refractivity contribution in [1.29, 1.82) is 0 Å². The van der Waals surface area contributed by atoms with Gasteiger partial charge in [-0.1, -0.05) is 25.7 Å². The average Bonchev–Trinajstić information content (AvgIpc) is 2.60. The van der Waals surface area contributed by atoms with Crippen LogP contribution in [-0.4, -0.2) is 43.8 Å². The van der Waals surface area contributed by atoms with Crippen LogP contribution < -0.4 is 10.6 Å². The van der Waals surface area contributed by atoms with Gasteiger partial charge in [0.1, 0.15) is 6.42 Å². The maximum absolute atomic E-state index is 11.8. The first-order chi connectivity index (χ1) is 9.94. The Morgan fingerprint density at radius 2 is 1.43 bits per heavy atom. The second kappa shape index (κ2) is 7.24. The van der Waals surface area contributed by atoms with Crippen molar-refractivity contribution in [2.45, 2.75) is 63.5 Å². The fourth-order valence-electron chi connectivity index (χ4n) is 3.04. The third-order valence-corrected chi connectivity index (χ3v) is 5.91. The minimum Gasteiger partial charge on any atom is -0.353 e. The molecule has 0 aromatic carbocycles. The minimum absolute atomic E-state index is 0.0109. The van der Waals surface area contributed by atoms with Crippen molar-refractivity contribution >= 4 is 21.7 Å². The highest BCUT2D eigenvalue weighted by molar-refractivity contribution is 7.91. The third kappa shape index (κ3) is 5.65. The molecule has 1 heterocycles. The number of amides is 2. The molecule has 0 spiro atoms. The van der Waals surface area contributed by atoms with Gasteiger partial charge in [0, 0.05) is 12.1 Å². The predicted octanol–water partition coefficient (Wildman–Crippen LogP) is 0.519. The van der Waals surface area contributed by atoms with E-state index in [2.05, 4.69) is 10.6 Å². The molecular formula is C14H24N2O4S. The van der Waals surface area contributed by atoms with Crippen LogP contribution in [0.2, 0.25) is 0 Å². The fraction of sp³-hybridized carbons (Fsp3) is 0.857. The van der Waals surface area contributed by atoms with Crippen molar-refractivity contribution in [1.82, 2.24) is 10.6 Å². The Hall–Kier alpha value is -1.11. The van der Waals surface area contributed by atoms with Gasteiger partial charge in [-0.05, 0) is 19.3 Å². The summed E-state index contributed by atoms with van der Waals surface area (Å²) in [7, 11) is -3.01. The van der Waals surface area contributed by atoms with Crippen LogP contribution in [0.5, 0.6) is 0 Å². The normalized spacial score (nSPS) is 26.0. The number of nitrogens with one attached hydrogen (secondary N) is 2. The second-order valence-corrected chi connectivity index (χ2v) is 8.33. The first-order valence-corrected chi connectivity index (χ1v) is 9.56. The van der Waals surface area contributed by atoms with Crippen molar-refractivity contribution < 1.29 is 18.0 Å². The third-order valence-electron chi connectivity index (χ3n) is 4.14. The number of hydrogen-bond donors (Lipinski definition) is 2. The molecule has 1 aliphatic carbocycles. The van der Waals surface area contributed by atoms with E-state index >= 15 is 0 Å². The average molecular weight is 316 g/mol. The molecule has 2 amide bonds. The zero-order valence-electron chi connectivity index (χ0n) is 12.3. The van der Waals surface area contributed by atoms with Crippen molar-refractivity contribution in [2.24, 2.45) is 0 Å². The highest BCUT2D eigenvalue weighted by Gasteiger charge is 2.29. The quantitative estimate of drug-likeness (QED) is 0.584. The van der Waals surface area contributed by atoms with Crippen LogP contribution in [0.25, 0.3) is 0 Å². The SMILES string of the molecule is O=C(CC(=O)NC1CCS(=O)(=O)C1)NC1CCCCCC1. The van der Waals surface area contributed by atoms with Gasteiger partial charge in [0.25, 0.3) is 0 Å². The van der Waals surface area contributed by atoms with Crippen LogP contribution in [0.3, 0.4) is 0 Å². The second-order valence-electron chi connectivity index (χ2n) is 6.10. The van der Waals surface area contributed by atoms with E-state index in [-0.39, 0.29) is 41.8 Å². The summed E-state index contributed by atoms with van der Waals surface area (Å²) in [5.41, 5.74) is 0. The summed E-state index contributed by atoms with van der Waals surface area (Å²) in [6.07, 6.45) is 6.86. The van der Waals surface area contributed by atoms with Gasteiger partial charge in [-0.3, -0.25) is 9.59 Å². The number of sulfone groups is 1. The molecule has 0 aromatic heterocycles. The topological polar surface area (TPSA) is 92.3 Å². The van der Waals surface area contributed by atoms with Gasteiger partial charge in [-0.25, -0.2) is 8.42 Å². The first kappa shape index (κ1) is 16.3. The molecule has 1 saturated carbocycles. The van der Waals surface area contributed by atoms with Crippen LogP contribution in [0, 0.1) is 0 Å². The number of hydrogen-bond acceptors (Lipinski definition) is 4. The van der Waals surface area contributed by atoms with Crippen molar-refractivity contribution in [3.63, 3.8) is 0 Å². The van der Waals surface area contributed by atoms with Crippen LogP contribution in [-0.2, 0) is 19.4 Å². The molecule has 120 valence electrons. The molecule has 2 fully saturated rings. The summed E-state index contributed by atoms with van der Waals surface area (Å²) in [6.45, 7) is 0. The van der Waals surface area contributed by atoms with E-state index < -0.39 is 9.84 Å². The monoisotopic (exact) mass is 316 g/mol. The molecule has 1 saturated heterocycles. The maximum Gasteiger partial charge on any atom is 0.229 e. The number of carbonyl (C=O) groups excluding carboxylic acids is 2. The molecule has 2 N–H and O–H groups in total. The van der Waals surface area contributed by atoms with Gasteiger partial charge in [-0.2, -0.15) is 0 Å². The van der Waals surface area contributed by atoms with E-state index in [1.807, 2.05) is 0 Å². The van der Waals surface area contributed by atoms with Crippen molar-refractivity contribution in [3.8, 4) is 0 Å².